The Labute approximate surface area is 198 Å². The van der Waals surface area contributed by atoms with E-state index in [4.69, 9.17) is 9.47 Å². The van der Waals surface area contributed by atoms with Crippen molar-refractivity contribution >= 4 is 23.2 Å². The van der Waals surface area contributed by atoms with E-state index in [1.807, 2.05) is 36.4 Å². The normalized spacial score (nSPS) is 14.7. The first kappa shape index (κ1) is 26.7. The largest absolute Gasteiger partial charge is 0.460 e. The molecule has 0 amide bonds. The van der Waals surface area contributed by atoms with Crippen molar-refractivity contribution in [1.29, 1.82) is 0 Å². The molecule has 1 unspecified atom stereocenters. The van der Waals surface area contributed by atoms with Crippen molar-refractivity contribution in [3.63, 3.8) is 0 Å². The molecule has 0 bridgehead atoms. The van der Waals surface area contributed by atoms with Gasteiger partial charge >= 0.3 is 11.9 Å². The summed E-state index contributed by atoms with van der Waals surface area (Å²) in [5, 5.41) is 0. The second-order valence-corrected chi connectivity index (χ2v) is 10.3. The van der Waals surface area contributed by atoms with Crippen LogP contribution in [0.5, 0.6) is 0 Å². The molecule has 0 spiro atoms. The maximum absolute atomic E-state index is 13.1. The molecule has 2 aromatic rings. The second kappa shape index (κ2) is 11.0. The molecule has 0 aliphatic carbocycles. The molecule has 2 N–H and O–H groups in total. The van der Waals surface area contributed by atoms with Crippen molar-refractivity contribution in [2.45, 2.75) is 70.6 Å². The lowest BCUT2D eigenvalue weighted by Gasteiger charge is -2.35. The average Bonchev–Trinajstić information content (AvgIpc) is 2.66. The minimum absolute atomic E-state index is 0.119. The van der Waals surface area contributed by atoms with Crippen LogP contribution in [0.3, 0.4) is 0 Å². The lowest BCUT2D eigenvalue weighted by atomic mass is 9.82. The summed E-state index contributed by atoms with van der Waals surface area (Å²) in [5.74, 6) is -1.09. The zero-order valence-electron chi connectivity index (χ0n) is 19.8. The first-order valence-corrected chi connectivity index (χ1v) is 11.8. The molecule has 0 saturated carbocycles. The van der Waals surface area contributed by atoms with E-state index in [1.165, 1.54) is 0 Å². The first-order chi connectivity index (χ1) is 15.3. The van der Waals surface area contributed by atoms with Crippen molar-refractivity contribution in [2.75, 3.05) is 0 Å². The fourth-order valence-corrected chi connectivity index (χ4v) is 4.21. The lowest BCUT2D eigenvalue weighted by molar-refractivity contribution is -0.168. The van der Waals surface area contributed by atoms with Gasteiger partial charge in [-0.3, -0.25) is 14.1 Å². The summed E-state index contributed by atoms with van der Waals surface area (Å²) in [5.41, 5.74) is -1.43. The minimum atomic E-state index is -2.40. The number of hydrogen-bond acceptors (Lipinski definition) is 5. The molecule has 2 atom stereocenters. The third-order valence-corrected chi connectivity index (χ3v) is 5.35. The van der Waals surface area contributed by atoms with Gasteiger partial charge in [0.15, 0.2) is 0 Å². The highest BCUT2D eigenvalue weighted by Crippen LogP contribution is 2.32. The third-order valence-electron chi connectivity index (χ3n) is 4.78. The Morgan fingerprint density at radius 3 is 1.88 bits per heavy atom. The predicted octanol–water partition coefficient (Wildman–Crippen LogP) is 4.29. The van der Waals surface area contributed by atoms with E-state index in [2.05, 4.69) is 4.72 Å². The van der Waals surface area contributed by atoms with E-state index in [1.54, 1.807) is 58.9 Å². The molecule has 7 nitrogen and oxygen atoms in total. The number of nitrogens with one attached hydrogen (secondary N) is 1. The highest BCUT2D eigenvalue weighted by atomic mass is 32.2. The van der Waals surface area contributed by atoms with Gasteiger partial charge in [-0.2, -0.15) is 0 Å². The summed E-state index contributed by atoms with van der Waals surface area (Å²) in [4.78, 5) is 25.3. The number of hydrogen-bond donors (Lipinski definition) is 2. The van der Waals surface area contributed by atoms with Gasteiger partial charge < -0.3 is 9.47 Å². The molecule has 0 saturated heterocycles. The fraction of sp³-hybridized carbons (Fsp3) is 0.440. The third kappa shape index (κ3) is 9.07. The molecule has 33 heavy (non-hydrogen) atoms. The van der Waals surface area contributed by atoms with Crippen LogP contribution in [0.2, 0.25) is 0 Å². The second-order valence-electron chi connectivity index (χ2n) is 9.64. The summed E-state index contributed by atoms with van der Waals surface area (Å²) in [6.45, 7) is 8.56. The topological polar surface area (TPSA) is 102 Å². The molecular weight excluding hydrogens is 442 g/mol. The number of benzene rings is 2. The van der Waals surface area contributed by atoms with Crippen molar-refractivity contribution in [2.24, 2.45) is 0 Å². The number of ether oxygens (including phenoxy) is 2. The van der Waals surface area contributed by atoms with Crippen LogP contribution in [0.4, 0.5) is 0 Å². The van der Waals surface area contributed by atoms with Gasteiger partial charge in [0.2, 0.25) is 11.3 Å². The number of rotatable bonds is 10. The lowest BCUT2D eigenvalue weighted by Crippen LogP contribution is -2.48. The molecule has 0 aromatic heterocycles. The SMILES string of the molecule is CC(C)(C)OC(=O)CC(C)(C)OC(=O)C[C@](Cc1ccccc1)(NS(=O)O)c1ccccc1. The van der Waals surface area contributed by atoms with Crippen molar-refractivity contribution in [3.05, 3.63) is 71.8 Å². The van der Waals surface area contributed by atoms with E-state index in [9.17, 15) is 18.4 Å². The Bertz CT molecular complexity index is 956. The van der Waals surface area contributed by atoms with Gasteiger partial charge in [0.1, 0.15) is 11.2 Å². The van der Waals surface area contributed by atoms with Crippen LogP contribution in [0.15, 0.2) is 60.7 Å². The quantitative estimate of drug-likeness (QED) is 0.393. The van der Waals surface area contributed by atoms with E-state index >= 15 is 0 Å². The van der Waals surface area contributed by atoms with Crippen molar-refractivity contribution in [3.8, 4) is 0 Å². The van der Waals surface area contributed by atoms with Gasteiger partial charge in [-0.15, -0.1) is 0 Å². The molecule has 0 heterocycles. The molecule has 0 aliphatic heterocycles. The van der Waals surface area contributed by atoms with Crippen LogP contribution >= 0.6 is 0 Å². The van der Waals surface area contributed by atoms with Gasteiger partial charge in [-0.1, -0.05) is 60.7 Å². The first-order valence-electron chi connectivity index (χ1n) is 10.7. The van der Waals surface area contributed by atoms with E-state index in [-0.39, 0.29) is 19.3 Å². The molecule has 0 fully saturated rings. The monoisotopic (exact) mass is 475 g/mol. The Balaban J connectivity index is 2.30. The van der Waals surface area contributed by atoms with Crippen LogP contribution in [0.1, 0.15) is 58.6 Å². The molecule has 2 aromatic carbocycles. The van der Waals surface area contributed by atoms with Crippen LogP contribution in [0, 0.1) is 0 Å². The smallest absolute Gasteiger partial charge is 0.310 e. The zero-order valence-corrected chi connectivity index (χ0v) is 20.6. The van der Waals surface area contributed by atoms with Gasteiger partial charge in [-0.05, 0) is 52.2 Å². The highest BCUT2D eigenvalue weighted by Gasteiger charge is 2.39. The molecule has 180 valence electrons. The average molecular weight is 476 g/mol. The standard InChI is InChI=1S/C25H33NO6S/c1-23(2,3)31-21(27)17-24(4,5)32-22(28)18-25(26-33(29)30,20-14-10-7-11-15-20)16-19-12-8-6-9-13-19/h6-15,26H,16-18H2,1-5H3,(H,29,30)/t25-/m0/s1. The predicted molar refractivity (Wildman–Crippen MR) is 127 cm³/mol. The van der Waals surface area contributed by atoms with Crippen LogP contribution in [0.25, 0.3) is 0 Å². The summed E-state index contributed by atoms with van der Waals surface area (Å²) in [7, 11) is 0. The number of carbonyl (C=O) groups is 2. The van der Waals surface area contributed by atoms with Gasteiger partial charge in [0.25, 0.3) is 0 Å². The molecular formula is C25H33NO6S. The Kier molecular flexibility index (Phi) is 8.94. The van der Waals surface area contributed by atoms with Gasteiger partial charge in [0, 0.05) is 0 Å². The van der Waals surface area contributed by atoms with Crippen LogP contribution < -0.4 is 4.72 Å². The maximum atomic E-state index is 13.1. The molecule has 2 rings (SSSR count). The van der Waals surface area contributed by atoms with Crippen molar-refractivity contribution in [1.82, 2.24) is 4.72 Å². The zero-order chi connectivity index (χ0) is 24.7. The summed E-state index contributed by atoms with van der Waals surface area (Å²) < 4.78 is 35.3. The van der Waals surface area contributed by atoms with E-state index in [0.29, 0.717) is 5.56 Å². The van der Waals surface area contributed by atoms with E-state index < -0.39 is 39.9 Å². The fourth-order valence-electron chi connectivity index (χ4n) is 3.62. The van der Waals surface area contributed by atoms with Crippen molar-refractivity contribution < 1.29 is 27.8 Å². The van der Waals surface area contributed by atoms with Gasteiger partial charge in [0.05, 0.1) is 18.4 Å². The molecule has 0 radical (unpaired) electrons. The van der Waals surface area contributed by atoms with Crippen LogP contribution in [-0.4, -0.2) is 31.9 Å². The molecule has 8 heteroatoms. The Morgan fingerprint density at radius 1 is 0.848 bits per heavy atom. The number of carbonyl (C=O) groups excluding carboxylic acids is 2. The molecule has 0 aliphatic rings. The van der Waals surface area contributed by atoms with E-state index in [0.717, 1.165) is 5.56 Å². The maximum Gasteiger partial charge on any atom is 0.310 e. The Morgan fingerprint density at radius 2 is 1.36 bits per heavy atom. The van der Waals surface area contributed by atoms with Crippen LogP contribution in [-0.2, 0) is 42.3 Å². The summed E-state index contributed by atoms with van der Waals surface area (Å²) in [6, 6.07) is 18.4. The minimum Gasteiger partial charge on any atom is -0.460 e. The summed E-state index contributed by atoms with van der Waals surface area (Å²) in [6.07, 6.45) is -0.0753. The number of esters is 2. The highest BCUT2D eigenvalue weighted by molar-refractivity contribution is 7.77. The Hall–Kier alpha value is -2.55. The summed E-state index contributed by atoms with van der Waals surface area (Å²) >= 11 is -2.40. The van der Waals surface area contributed by atoms with Gasteiger partial charge in [-0.25, -0.2) is 8.93 Å².